The quantitative estimate of drug-likeness (QED) is 0.311. The highest BCUT2D eigenvalue weighted by molar-refractivity contribution is 7.92. The summed E-state index contributed by atoms with van der Waals surface area (Å²) in [4.78, 5) is 29.0. The van der Waals surface area contributed by atoms with Crippen LogP contribution in [-0.4, -0.2) is 50.4 Å². The van der Waals surface area contributed by atoms with Crippen LogP contribution in [0, 0.1) is 6.92 Å². The Labute approximate surface area is 248 Å². The molecule has 0 aliphatic heterocycles. The predicted octanol–water partition coefficient (Wildman–Crippen LogP) is 5.57. The Morgan fingerprint density at radius 1 is 1.00 bits per heavy atom. The zero-order valence-electron chi connectivity index (χ0n) is 24.3. The Morgan fingerprint density at radius 3 is 2.20 bits per heavy atom. The van der Waals surface area contributed by atoms with Gasteiger partial charge in [0.25, 0.3) is 10.0 Å². The van der Waals surface area contributed by atoms with Gasteiger partial charge in [0.1, 0.15) is 18.3 Å². The molecule has 3 rings (SSSR count). The van der Waals surface area contributed by atoms with Crippen LogP contribution >= 0.6 is 11.6 Å². The van der Waals surface area contributed by atoms with Gasteiger partial charge in [-0.05, 0) is 88.2 Å². The fourth-order valence-corrected chi connectivity index (χ4v) is 5.85. The first-order chi connectivity index (χ1) is 19.2. The molecule has 41 heavy (non-hydrogen) atoms. The summed E-state index contributed by atoms with van der Waals surface area (Å²) in [5, 5.41) is 3.39. The fourth-order valence-electron chi connectivity index (χ4n) is 4.31. The molecule has 0 saturated carbocycles. The van der Waals surface area contributed by atoms with Gasteiger partial charge in [-0.15, -0.1) is 0 Å². The third-order valence-electron chi connectivity index (χ3n) is 6.37. The highest BCUT2D eigenvalue weighted by Gasteiger charge is 2.34. The van der Waals surface area contributed by atoms with Gasteiger partial charge in [-0.25, -0.2) is 8.42 Å². The number of halogens is 1. The fraction of sp³-hybridized carbons (Fsp3) is 0.355. The van der Waals surface area contributed by atoms with Crippen LogP contribution in [0.5, 0.6) is 5.75 Å². The van der Waals surface area contributed by atoms with Gasteiger partial charge >= 0.3 is 0 Å². The number of sulfonamides is 1. The van der Waals surface area contributed by atoms with Crippen LogP contribution in [0.25, 0.3) is 0 Å². The summed E-state index contributed by atoms with van der Waals surface area (Å²) in [6.07, 6.45) is 0.323. The minimum absolute atomic E-state index is 0.0442. The lowest BCUT2D eigenvalue weighted by Crippen LogP contribution is -2.55. The van der Waals surface area contributed by atoms with Crippen molar-refractivity contribution >= 4 is 39.1 Å². The van der Waals surface area contributed by atoms with E-state index in [4.69, 9.17) is 16.3 Å². The van der Waals surface area contributed by atoms with E-state index in [0.717, 1.165) is 15.4 Å². The standard InChI is InChI=1S/C31H38ClN3O5S/c1-7-28(30(37)33-31(3,4)5)34(20-23-9-8-10-26(19-23)40-6)29(36)21-35(25-15-13-24(32)14-16-25)41(38,39)27-17-11-22(2)12-18-27/h8-19,28H,7,20-21H2,1-6H3,(H,33,37). The molecule has 0 aliphatic carbocycles. The highest BCUT2D eigenvalue weighted by atomic mass is 35.5. The average Bonchev–Trinajstić information content (AvgIpc) is 2.91. The number of rotatable bonds is 11. The number of ether oxygens (including phenoxy) is 1. The minimum atomic E-state index is -4.16. The van der Waals surface area contributed by atoms with Gasteiger partial charge < -0.3 is 15.0 Å². The van der Waals surface area contributed by atoms with Crippen molar-refractivity contribution in [3.8, 4) is 5.75 Å². The van der Waals surface area contributed by atoms with Crippen molar-refractivity contribution in [3.05, 3.63) is 88.9 Å². The first kappa shape index (κ1) is 32.0. The Bertz CT molecular complexity index is 1450. The van der Waals surface area contributed by atoms with Crippen molar-refractivity contribution in [2.45, 2.75) is 64.1 Å². The minimum Gasteiger partial charge on any atom is -0.497 e. The topological polar surface area (TPSA) is 96.0 Å². The Balaban J connectivity index is 2.07. The molecule has 1 unspecified atom stereocenters. The molecule has 1 N–H and O–H groups in total. The number of hydrogen-bond donors (Lipinski definition) is 1. The molecule has 0 aliphatic rings. The molecule has 0 spiro atoms. The van der Waals surface area contributed by atoms with Gasteiger partial charge in [-0.2, -0.15) is 0 Å². The average molecular weight is 600 g/mol. The smallest absolute Gasteiger partial charge is 0.264 e. The third kappa shape index (κ3) is 8.47. The molecule has 220 valence electrons. The number of nitrogens with zero attached hydrogens (tertiary/aromatic N) is 2. The predicted molar refractivity (Wildman–Crippen MR) is 163 cm³/mol. The number of amides is 2. The highest BCUT2D eigenvalue weighted by Crippen LogP contribution is 2.27. The molecular formula is C31H38ClN3O5S. The zero-order valence-corrected chi connectivity index (χ0v) is 25.9. The van der Waals surface area contributed by atoms with Gasteiger partial charge in [0.15, 0.2) is 0 Å². The van der Waals surface area contributed by atoms with Gasteiger partial charge in [0, 0.05) is 17.1 Å². The number of benzene rings is 3. The van der Waals surface area contributed by atoms with Gasteiger partial charge in [0.05, 0.1) is 17.7 Å². The van der Waals surface area contributed by atoms with E-state index >= 15 is 0 Å². The third-order valence-corrected chi connectivity index (χ3v) is 8.41. The van der Waals surface area contributed by atoms with Crippen LogP contribution in [0.2, 0.25) is 5.02 Å². The molecule has 3 aromatic carbocycles. The number of carbonyl (C=O) groups excluding carboxylic acids is 2. The summed E-state index contributed by atoms with van der Waals surface area (Å²) in [7, 11) is -2.61. The molecule has 10 heteroatoms. The van der Waals surface area contributed by atoms with Crippen molar-refractivity contribution in [2.24, 2.45) is 0 Å². The summed E-state index contributed by atoms with van der Waals surface area (Å²) in [6, 6.07) is 19.0. The van der Waals surface area contributed by atoms with Crippen molar-refractivity contribution in [2.75, 3.05) is 18.0 Å². The van der Waals surface area contributed by atoms with Crippen molar-refractivity contribution < 1.29 is 22.7 Å². The molecule has 0 fully saturated rings. The lowest BCUT2D eigenvalue weighted by Gasteiger charge is -2.34. The number of nitrogens with one attached hydrogen (secondary N) is 1. The van der Waals surface area contributed by atoms with E-state index in [2.05, 4.69) is 5.32 Å². The molecule has 0 heterocycles. The van der Waals surface area contributed by atoms with Gasteiger partial charge in [-0.1, -0.05) is 48.4 Å². The van der Waals surface area contributed by atoms with E-state index in [1.807, 2.05) is 40.7 Å². The molecule has 0 radical (unpaired) electrons. The second-order valence-electron chi connectivity index (χ2n) is 10.8. The molecule has 3 aromatic rings. The second kappa shape index (κ2) is 13.4. The van der Waals surface area contributed by atoms with Crippen LogP contribution in [-0.2, 0) is 26.2 Å². The van der Waals surface area contributed by atoms with E-state index in [0.29, 0.717) is 17.2 Å². The van der Waals surface area contributed by atoms with Crippen LogP contribution in [0.3, 0.4) is 0 Å². The zero-order chi connectivity index (χ0) is 30.4. The number of anilines is 1. The van der Waals surface area contributed by atoms with E-state index in [9.17, 15) is 18.0 Å². The monoisotopic (exact) mass is 599 g/mol. The lowest BCUT2D eigenvalue weighted by molar-refractivity contribution is -0.141. The normalized spacial score (nSPS) is 12.4. The first-order valence-electron chi connectivity index (χ1n) is 13.3. The Hall–Kier alpha value is -3.56. The van der Waals surface area contributed by atoms with E-state index in [1.54, 1.807) is 61.7 Å². The summed E-state index contributed by atoms with van der Waals surface area (Å²) in [5.41, 5.74) is 1.38. The SMILES string of the molecule is CCC(C(=O)NC(C)(C)C)N(Cc1cccc(OC)c1)C(=O)CN(c1ccc(Cl)cc1)S(=O)(=O)c1ccc(C)cc1. The summed E-state index contributed by atoms with van der Waals surface area (Å²) < 4.78 is 34.2. The Kier molecular flexibility index (Phi) is 10.4. The van der Waals surface area contributed by atoms with Crippen LogP contribution in [0.15, 0.2) is 77.7 Å². The van der Waals surface area contributed by atoms with Crippen molar-refractivity contribution in [1.82, 2.24) is 10.2 Å². The molecule has 0 bridgehead atoms. The number of methoxy groups -OCH3 is 1. The van der Waals surface area contributed by atoms with Crippen LogP contribution < -0.4 is 14.4 Å². The van der Waals surface area contributed by atoms with E-state index < -0.39 is 34.1 Å². The summed E-state index contributed by atoms with van der Waals surface area (Å²) in [6.45, 7) is 8.82. The van der Waals surface area contributed by atoms with Crippen LogP contribution in [0.4, 0.5) is 5.69 Å². The maximum absolute atomic E-state index is 14.1. The first-order valence-corrected chi connectivity index (χ1v) is 15.2. The largest absolute Gasteiger partial charge is 0.497 e. The number of carbonyl (C=O) groups is 2. The molecule has 2 amide bonds. The number of aryl methyl sites for hydroxylation is 1. The number of hydrogen-bond acceptors (Lipinski definition) is 5. The summed E-state index contributed by atoms with van der Waals surface area (Å²) >= 11 is 6.09. The van der Waals surface area contributed by atoms with Gasteiger partial charge in [-0.3, -0.25) is 13.9 Å². The second-order valence-corrected chi connectivity index (χ2v) is 13.1. The lowest BCUT2D eigenvalue weighted by atomic mass is 10.1. The summed E-state index contributed by atoms with van der Waals surface area (Å²) in [5.74, 6) is -0.253. The molecule has 1 atom stereocenters. The van der Waals surface area contributed by atoms with E-state index in [-0.39, 0.29) is 23.0 Å². The van der Waals surface area contributed by atoms with Crippen molar-refractivity contribution in [1.29, 1.82) is 0 Å². The Morgan fingerprint density at radius 2 is 1.63 bits per heavy atom. The van der Waals surface area contributed by atoms with Gasteiger partial charge in [0.2, 0.25) is 11.8 Å². The molecule has 0 saturated heterocycles. The van der Waals surface area contributed by atoms with E-state index in [1.165, 1.54) is 17.0 Å². The molecule has 0 aromatic heterocycles. The molecular weight excluding hydrogens is 562 g/mol. The maximum atomic E-state index is 14.1. The van der Waals surface area contributed by atoms with Crippen LogP contribution in [0.1, 0.15) is 45.2 Å². The molecule has 8 nitrogen and oxygen atoms in total. The maximum Gasteiger partial charge on any atom is 0.264 e. The van der Waals surface area contributed by atoms with Crippen molar-refractivity contribution in [3.63, 3.8) is 0 Å².